The molecule has 0 radical (unpaired) electrons. The fraction of sp³-hybridized carbons (Fsp3) is 0.118. The predicted molar refractivity (Wildman–Crippen MR) is 96.5 cm³/mol. The molecule has 136 valence electrons. The molecule has 27 heavy (non-hydrogen) atoms. The van der Waals surface area contributed by atoms with Gasteiger partial charge in [-0.05, 0) is 11.6 Å². The molecule has 0 aliphatic heterocycles. The summed E-state index contributed by atoms with van der Waals surface area (Å²) in [5.41, 5.74) is 6.59. The average Bonchev–Trinajstić information content (AvgIpc) is 3.18. The lowest BCUT2D eigenvalue weighted by atomic mass is 10.0. The van der Waals surface area contributed by atoms with E-state index in [9.17, 15) is 14.4 Å². The van der Waals surface area contributed by atoms with E-state index in [0.717, 1.165) is 17.3 Å². The second kappa shape index (κ2) is 8.23. The lowest BCUT2D eigenvalue weighted by molar-refractivity contribution is -0.137. The first-order chi connectivity index (χ1) is 13.1. The van der Waals surface area contributed by atoms with Crippen LogP contribution in [0.3, 0.4) is 0 Å². The van der Waals surface area contributed by atoms with Crippen LogP contribution < -0.4 is 11.1 Å². The van der Waals surface area contributed by atoms with Crippen molar-refractivity contribution < 1.29 is 14.4 Å². The molecular formula is C17H14N6O3S. The maximum atomic E-state index is 12.7. The average molecular weight is 382 g/mol. The lowest BCUT2D eigenvalue weighted by Gasteiger charge is -2.16. The van der Waals surface area contributed by atoms with E-state index in [-0.39, 0.29) is 17.8 Å². The minimum absolute atomic E-state index is 0.00836. The number of Topliss-reactive ketones (excluding diaryl/α,β-unsaturated/α-hetero) is 1. The van der Waals surface area contributed by atoms with Crippen LogP contribution in [0.15, 0.2) is 48.9 Å². The Morgan fingerprint density at radius 3 is 2.56 bits per heavy atom. The third kappa shape index (κ3) is 4.36. The van der Waals surface area contributed by atoms with Crippen molar-refractivity contribution in [2.75, 3.05) is 0 Å². The number of benzene rings is 1. The molecule has 3 N–H and O–H groups in total. The highest BCUT2D eigenvalue weighted by molar-refractivity contribution is 6.99. The Morgan fingerprint density at radius 1 is 1.11 bits per heavy atom. The van der Waals surface area contributed by atoms with Gasteiger partial charge >= 0.3 is 0 Å². The number of rotatable bonds is 7. The van der Waals surface area contributed by atoms with E-state index in [0.29, 0.717) is 5.69 Å². The second-order valence-electron chi connectivity index (χ2n) is 5.50. The zero-order chi connectivity index (χ0) is 19.2. The molecule has 0 aliphatic rings. The molecule has 2 aromatic heterocycles. The summed E-state index contributed by atoms with van der Waals surface area (Å²) in [6, 6.07) is 9.44. The van der Waals surface area contributed by atoms with E-state index in [2.05, 4.69) is 24.0 Å². The zero-order valence-corrected chi connectivity index (χ0v) is 14.7. The number of ketones is 1. The van der Waals surface area contributed by atoms with E-state index in [1.807, 2.05) is 6.07 Å². The summed E-state index contributed by atoms with van der Waals surface area (Å²) in [6.07, 6.45) is 2.96. The first-order valence-electron chi connectivity index (χ1n) is 7.83. The van der Waals surface area contributed by atoms with Crippen molar-refractivity contribution in [3.63, 3.8) is 0 Å². The molecule has 1 unspecified atom stereocenters. The minimum Gasteiger partial charge on any atom is -0.363 e. The van der Waals surface area contributed by atoms with Crippen LogP contribution in [0.4, 0.5) is 0 Å². The normalized spacial score (nSPS) is 11.6. The molecule has 1 aromatic carbocycles. The fourth-order valence-corrected chi connectivity index (χ4v) is 2.95. The number of carbonyl (C=O) groups excluding carboxylic acids is 3. The third-order valence-electron chi connectivity index (χ3n) is 3.68. The molecule has 3 rings (SSSR count). The van der Waals surface area contributed by atoms with Gasteiger partial charge in [0, 0.05) is 12.6 Å². The topological polar surface area (TPSA) is 141 Å². The second-order valence-corrected chi connectivity index (χ2v) is 6.03. The Morgan fingerprint density at radius 2 is 1.89 bits per heavy atom. The monoisotopic (exact) mass is 382 g/mol. The van der Waals surface area contributed by atoms with Crippen LogP contribution in [0, 0.1) is 0 Å². The zero-order valence-electron chi connectivity index (χ0n) is 13.9. The first-order valence-corrected chi connectivity index (χ1v) is 8.56. The van der Waals surface area contributed by atoms with Gasteiger partial charge in [0.2, 0.25) is 5.78 Å². The van der Waals surface area contributed by atoms with Crippen LogP contribution in [0.1, 0.15) is 16.1 Å². The smallest absolute Gasteiger partial charge is 0.287 e. The molecule has 0 aliphatic carbocycles. The number of hydrogen-bond donors (Lipinski definition) is 2. The molecule has 0 spiro atoms. The van der Waals surface area contributed by atoms with Crippen molar-refractivity contribution in [1.29, 1.82) is 0 Å². The van der Waals surface area contributed by atoms with Crippen molar-refractivity contribution in [3.05, 3.63) is 60.2 Å². The molecule has 0 fully saturated rings. The number of hydrogen-bond acceptors (Lipinski definition) is 8. The van der Waals surface area contributed by atoms with Crippen LogP contribution in [-0.4, -0.2) is 42.4 Å². The molecule has 0 saturated carbocycles. The molecule has 10 heteroatoms. The number of nitrogens with zero attached hydrogens (tertiary/aromatic N) is 4. The molecule has 1 atom stereocenters. The summed E-state index contributed by atoms with van der Waals surface area (Å²) in [6.45, 7) is 0. The van der Waals surface area contributed by atoms with E-state index < -0.39 is 23.6 Å². The highest BCUT2D eigenvalue weighted by atomic mass is 32.1. The lowest BCUT2D eigenvalue weighted by Crippen LogP contribution is -2.47. The fourth-order valence-electron chi connectivity index (χ4n) is 2.39. The maximum Gasteiger partial charge on any atom is 0.287 e. The van der Waals surface area contributed by atoms with Crippen molar-refractivity contribution >= 4 is 29.3 Å². The molecule has 2 amide bonds. The van der Waals surface area contributed by atoms with E-state index in [4.69, 9.17) is 5.73 Å². The summed E-state index contributed by atoms with van der Waals surface area (Å²) in [5.74, 6) is -2.66. The minimum atomic E-state index is -1.12. The highest BCUT2D eigenvalue weighted by Gasteiger charge is 2.28. The number of nitrogens with one attached hydrogen (secondary N) is 1. The van der Waals surface area contributed by atoms with Crippen LogP contribution in [0.25, 0.3) is 11.4 Å². The summed E-state index contributed by atoms with van der Waals surface area (Å²) < 4.78 is 8.07. The molecule has 9 nitrogen and oxygen atoms in total. The van der Waals surface area contributed by atoms with Gasteiger partial charge in [0.15, 0.2) is 5.69 Å². The molecule has 0 bridgehead atoms. The molecule has 0 saturated heterocycles. The molecule has 2 heterocycles. The van der Waals surface area contributed by atoms with E-state index >= 15 is 0 Å². The molecular weight excluding hydrogens is 368 g/mol. The quantitative estimate of drug-likeness (QED) is 0.563. The Bertz CT molecular complexity index is 961. The van der Waals surface area contributed by atoms with Gasteiger partial charge in [0.1, 0.15) is 18.1 Å². The predicted octanol–water partition coefficient (Wildman–Crippen LogP) is 0.391. The largest absolute Gasteiger partial charge is 0.363 e. The van der Waals surface area contributed by atoms with Crippen molar-refractivity contribution in [3.8, 4) is 11.4 Å². The van der Waals surface area contributed by atoms with Crippen molar-refractivity contribution in [1.82, 2.24) is 24.0 Å². The number of nitrogens with two attached hydrogens (primary N) is 1. The van der Waals surface area contributed by atoms with Gasteiger partial charge in [0.05, 0.1) is 17.4 Å². The Hall–Kier alpha value is -3.53. The van der Waals surface area contributed by atoms with Crippen LogP contribution >= 0.6 is 11.7 Å². The number of aromatic nitrogens is 4. The highest BCUT2D eigenvalue weighted by Crippen LogP contribution is 2.19. The third-order valence-corrected chi connectivity index (χ3v) is 4.20. The summed E-state index contributed by atoms with van der Waals surface area (Å²) in [5, 5.41) is 2.53. The molecule has 3 aromatic rings. The summed E-state index contributed by atoms with van der Waals surface area (Å²) in [4.78, 5) is 44.1. The Labute approximate surface area is 158 Å². The van der Waals surface area contributed by atoms with Gasteiger partial charge < -0.3 is 11.1 Å². The Balaban J connectivity index is 1.84. The van der Waals surface area contributed by atoms with Gasteiger partial charge in [-0.3, -0.25) is 14.4 Å². The van der Waals surface area contributed by atoms with E-state index in [1.165, 1.54) is 12.5 Å². The van der Waals surface area contributed by atoms with Crippen molar-refractivity contribution in [2.45, 2.75) is 12.5 Å². The van der Waals surface area contributed by atoms with Gasteiger partial charge in [-0.2, -0.15) is 8.75 Å². The standard InChI is InChI=1S/C17H14N6O3S/c18-16(25)15(24)12(8-10-4-2-1-3-5-10)21-17(26)14-13(22-27-23-14)11-6-7-19-9-20-11/h1-7,9,12H,8H2,(H2,18,25)(H,21,26). The first kappa shape index (κ1) is 18.3. The Kier molecular flexibility index (Phi) is 5.57. The number of primary amides is 1. The number of carbonyl (C=O) groups is 3. The maximum absolute atomic E-state index is 12.7. The van der Waals surface area contributed by atoms with Gasteiger partial charge in [-0.1, -0.05) is 30.3 Å². The van der Waals surface area contributed by atoms with Crippen LogP contribution in [0.2, 0.25) is 0 Å². The van der Waals surface area contributed by atoms with Crippen LogP contribution in [0.5, 0.6) is 0 Å². The van der Waals surface area contributed by atoms with Gasteiger partial charge in [-0.15, -0.1) is 0 Å². The van der Waals surface area contributed by atoms with Gasteiger partial charge in [0.25, 0.3) is 11.8 Å². The number of amides is 2. The van der Waals surface area contributed by atoms with Crippen molar-refractivity contribution in [2.24, 2.45) is 5.73 Å². The SMILES string of the molecule is NC(=O)C(=O)C(Cc1ccccc1)NC(=O)c1nsnc1-c1ccncn1. The van der Waals surface area contributed by atoms with E-state index in [1.54, 1.807) is 30.3 Å². The van der Waals surface area contributed by atoms with Crippen LogP contribution in [-0.2, 0) is 16.0 Å². The van der Waals surface area contributed by atoms with Gasteiger partial charge in [-0.25, -0.2) is 9.97 Å². The summed E-state index contributed by atoms with van der Waals surface area (Å²) >= 11 is 0.837. The summed E-state index contributed by atoms with van der Waals surface area (Å²) in [7, 11) is 0.